The van der Waals surface area contributed by atoms with Gasteiger partial charge in [-0.15, -0.1) is 0 Å². The quantitative estimate of drug-likeness (QED) is 0.516. The number of carbonyl (C=O) groups is 1. The van der Waals surface area contributed by atoms with E-state index >= 15 is 0 Å². The van der Waals surface area contributed by atoms with Gasteiger partial charge in [0.15, 0.2) is 0 Å². The number of sulfonamides is 1. The fourth-order valence-corrected chi connectivity index (χ4v) is 4.72. The van der Waals surface area contributed by atoms with Crippen molar-refractivity contribution in [2.45, 2.75) is 25.3 Å². The van der Waals surface area contributed by atoms with Crippen LogP contribution in [0.25, 0.3) is 0 Å². The van der Waals surface area contributed by atoms with Crippen molar-refractivity contribution < 1.29 is 13.2 Å². The Kier molecular flexibility index (Phi) is 7.07. The molecule has 30 heavy (non-hydrogen) atoms. The lowest BCUT2D eigenvalue weighted by molar-refractivity contribution is -0.116. The van der Waals surface area contributed by atoms with E-state index in [4.69, 9.17) is 0 Å². The maximum atomic E-state index is 13.3. The fourth-order valence-electron chi connectivity index (χ4n) is 3.07. The van der Waals surface area contributed by atoms with E-state index in [1.165, 1.54) is 16.4 Å². The van der Waals surface area contributed by atoms with Crippen LogP contribution in [-0.2, 0) is 21.4 Å². The molecular weight excluding hydrogens is 464 g/mol. The van der Waals surface area contributed by atoms with Gasteiger partial charge in [0.25, 0.3) is 0 Å². The van der Waals surface area contributed by atoms with Crippen molar-refractivity contribution in [3.05, 3.63) is 94.0 Å². The number of carbonyl (C=O) groups excluding carboxylic acids is 1. The maximum absolute atomic E-state index is 13.3. The summed E-state index contributed by atoms with van der Waals surface area (Å²) >= 11 is 3.32. The minimum atomic E-state index is -3.87. The van der Waals surface area contributed by atoms with Gasteiger partial charge in [-0.2, -0.15) is 4.31 Å². The van der Waals surface area contributed by atoms with Crippen LogP contribution in [-0.4, -0.2) is 25.2 Å². The van der Waals surface area contributed by atoms with Crippen molar-refractivity contribution in [2.24, 2.45) is 0 Å². The predicted octanol–water partition coefficient (Wildman–Crippen LogP) is 4.90. The molecular formula is C23H23BrN2O3S. The topological polar surface area (TPSA) is 66.5 Å². The van der Waals surface area contributed by atoms with Crippen molar-refractivity contribution in [1.82, 2.24) is 4.31 Å². The summed E-state index contributed by atoms with van der Waals surface area (Å²) in [6, 6.07) is 21.3. The second-order valence-corrected chi connectivity index (χ2v) is 9.93. The van der Waals surface area contributed by atoms with Gasteiger partial charge in [0.1, 0.15) is 0 Å². The molecule has 1 amide bonds. The van der Waals surface area contributed by atoms with Crippen LogP contribution in [0, 0.1) is 13.8 Å². The van der Waals surface area contributed by atoms with Crippen LogP contribution in [0.4, 0.5) is 5.69 Å². The summed E-state index contributed by atoms with van der Waals surface area (Å²) in [7, 11) is -3.87. The zero-order valence-electron chi connectivity index (χ0n) is 16.8. The summed E-state index contributed by atoms with van der Waals surface area (Å²) in [6.07, 6.45) is 0. The average Bonchev–Trinajstić information content (AvgIpc) is 2.71. The summed E-state index contributed by atoms with van der Waals surface area (Å²) in [4.78, 5) is 12.9. The second kappa shape index (κ2) is 9.55. The number of nitrogens with one attached hydrogen (secondary N) is 1. The van der Waals surface area contributed by atoms with Crippen LogP contribution in [0.1, 0.15) is 16.7 Å². The molecule has 0 unspecified atom stereocenters. The fraction of sp³-hybridized carbons (Fsp3) is 0.174. The summed E-state index contributed by atoms with van der Waals surface area (Å²) in [6.45, 7) is 3.69. The molecule has 3 aromatic carbocycles. The first kappa shape index (κ1) is 22.2. The molecule has 0 radical (unpaired) electrons. The Morgan fingerprint density at radius 2 is 1.63 bits per heavy atom. The Labute approximate surface area is 185 Å². The Morgan fingerprint density at radius 3 is 2.27 bits per heavy atom. The number of amides is 1. The Bertz CT molecular complexity index is 1130. The van der Waals surface area contributed by atoms with Crippen LogP contribution in [0.3, 0.4) is 0 Å². The van der Waals surface area contributed by atoms with Crippen LogP contribution < -0.4 is 5.32 Å². The van der Waals surface area contributed by atoms with Crippen molar-refractivity contribution in [3.8, 4) is 0 Å². The van der Waals surface area contributed by atoms with Crippen LogP contribution in [0.15, 0.2) is 82.2 Å². The van der Waals surface area contributed by atoms with Crippen molar-refractivity contribution in [1.29, 1.82) is 0 Å². The molecule has 0 saturated carbocycles. The van der Waals surface area contributed by atoms with Gasteiger partial charge in [-0.1, -0.05) is 64.0 Å². The summed E-state index contributed by atoms with van der Waals surface area (Å²) in [5, 5.41) is 2.83. The van der Waals surface area contributed by atoms with Crippen molar-refractivity contribution in [3.63, 3.8) is 0 Å². The third-order valence-corrected chi connectivity index (χ3v) is 6.96. The van der Waals surface area contributed by atoms with E-state index in [-0.39, 0.29) is 18.0 Å². The maximum Gasteiger partial charge on any atom is 0.243 e. The average molecular weight is 487 g/mol. The molecule has 1 N–H and O–H groups in total. The molecule has 0 aliphatic rings. The second-order valence-electron chi connectivity index (χ2n) is 7.08. The Balaban J connectivity index is 1.87. The standard InChI is InChI=1S/C23H23BrN2O3S/c1-17-8-13-22(18(2)14-17)25-23(27)16-26(15-19-6-4-3-5-7-19)30(28,29)21-11-9-20(24)10-12-21/h3-14H,15-16H2,1-2H3,(H,25,27). The smallest absolute Gasteiger partial charge is 0.243 e. The van der Waals surface area contributed by atoms with Crippen LogP contribution >= 0.6 is 15.9 Å². The highest BCUT2D eigenvalue weighted by Gasteiger charge is 2.27. The number of hydrogen-bond acceptors (Lipinski definition) is 3. The highest BCUT2D eigenvalue weighted by atomic mass is 79.9. The third-order valence-electron chi connectivity index (χ3n) is 4.63. The lowest BCUT2D eigenvalue weighted by Crippen LogP contribution is -2.37. The molecule has 156 valence electrons. The zero-order chi connectivity index (χ0) is 21.7. The monoisotopic (exact) mass is 486 g/mol. The number of aryl methyl sites for hydroxylation is 2. The molecule has 3 aromatic rings. The first-order chi connectivity index (χ1) is 14.3. The number of halogens is 1. The minimum Gasteiger partial charge on any atom is -0.325 e. The Hall–Kier alpha value is -2.48. The molecule has 0 heterocycles. The lowest BCUT2D eigenvalue weighted by atomic mass is 10.1. The van der Waals surface area contributed by atoms with Gasteiger partial charge in [0.05, 0.1) is 11.4 Å². The van der Waals surface area contributed by atoms with Gasteiger partial charge in [-0.25, -0.2) is 8.42 Å². The molecule has 0 aromatic heterocycles. The number of nitrogens with zero attached hydrogens (tertiary/aromatic N) is 1. The van der Waals surface area contributed by atoms with E-state index in [1.54, 1.807) is 12.1 Å². The zero-order valence-corrected chi connectivity index (χ0v) is 19.2. The van der Waals surface area contributed by atoms with Crippen LogP contribution in [0.5, 0.6) is 0 Å². The van der Waals surface area contributed by atoms with E-state index in [2.05, 4.69) is 21.2 Å². The molecule has 0 saturated heterocycles. The Morgan fingerprint density at radius 1 is 0.967 bits per heavy atom. The molecule has 0 fully saturated rings. The number of rotatable bonds is 7. The summed E-state index contributed by atoms with van der Waals surface area (Å²) < 4.78 is 28.5. The summed E-state index contributed by atoms with van der Waals surface area (Å²) in [5.74, 6) is -0.390. The summed E-state index contributed by atoms with van der Waals surface area (Å²) in [5.41, 5.74) is 3.49. The van der Waals surface area contributed by atoms with E-state index in [0.717, 1.165) is 21.2 Å². The molecule has 3 rings (SSSR count). The van der Waals surface area contributed by atoms with Gasteiger partial charge < -0.3 is 5.32 Å². The molecule has 0 atom stereocenters. The molecule has 0 aliphatic heterocycles. The number of hydrogen-bond donors (Lipinski definition) is 1. The molecule has 0 bridgehead atoms. The van der Waals surface area contributed by atoms with Crippen molar-refractivity contribution in [2.75, 3.05) is 11.9 Å². The molecule has 7 heteroatoms. The first-order valence-electron chi connectivity index (χ1n) is 9.42. The minimum absolute atomic E-state index is 0.0968. The molecule has 0 aliphatic carbocycles. The normalized spacial score (nSPS) is 11.5. The van der Waals surface area contributed by atoms with Crippen molar-refractivity contribution >= 4 is 37.5 Å². The largest absolute Gasteiger partial charge is 0.325 e. The number of benzene rings is 3. The number of anilines is 1. The van der Waals surface area contributed by atoms with E-state index in [9.17, 15) is 13.2 Å². The van der Waals surface area contributed by atoms with E-state index < -0.39 is 15.9 Å². The van der Waals surface area contributed by atoms with E-state index in [0.29, 0.717) is 5.69 Å². The highest BCUT2D eigenvalue weighted by Crippen LogP contribution is 2.22. The van der Waals surface area contributed by atoms with Gasteiger partial charge in [0, 0.05) is 16.7 Å². The molecule has 0 spiro atoms. The highest BCUT2D eigenvalue weighted by molar-refractivity contribution is 9.10. The third kappa shape index (κ3) is 5.56. The van der Waals surface area contributed by atoms with Gasteiger partial charge in [0.2, 0.25) is 15.9 Å². The van der Waals surface area contributed by atoms with Crippen LogP contribution in [0.2, 0.25) is 0 Å². The van der Waals surface area contributed by atoms with Gasteiger partial charge in [-0.05, 0) is 55.3 Å². The van der Waals surface area contributed by atoms with Gasteiger partial charge in [-0.3, -0.25) is 4.79 Å². The predicted molar refractivity (Wildman–Crippen MR) is 123 cm³/mol. The first-order valence-corrected chi connectivity index (χ1v) is 11.7. The molecule has 5 nitrogen and oxygen atoms in total. The lowest BCUT2D eigenvalue weighted by Gasteiger charge is -2.22. The van der Waals surface area contributed by atoms with Gasteiger partial charge >= 0.3 is 0 Å². The van der Waals surface area contributed by atoms with E-state index in [1.807, 2.05) is 62.4 Å². The SMILES string of the molecule is Cc1ccc(NC(=O)CN(Cc2ccccc2)S(=O)(=O)c2ccc(Br)cc2)c(C)c1.